The second-order valence-electron chi connectivity index (χ2n) is 6.37. The molecular weight excluding hydrogens is 366 g/mol. The Balaban J connectivity index is 2.27. The van der Waals surface area contributed by atoms with Crippen LogP contribution in [0.25, 0.3) is 11.4 Å². The second-order valence-corrected chi connectivity index (χ2v) is 7.68. The highest BCUT2D eigenvalue weighted by atomic mass is 32.2. The zero-order valence-electron chi connectivity index (χ0n) is 16.1. The fourth-order valence-electron chi connectivity index (χ4n) is 2.35. The molecule has 2 aromatic rings. The number of carbonyl (C=O) groups excluding carboxylic acids is 2. The Kier molecular flexibility index (Phi) is 7.23. The Morgan fingerprint density at radius 1 is 1.19 bits per heavy atom. The lowest BCUT2D eigenvalue weighted by Gasteiger charge is -2.15. The maximum Gasteiger partial charge on any atom is 0.321 e. The normalized spacial score (nSPS) is 11.9. The van der Waals surface area contributed by atoms with E-state index in [0.717, 1.165) is 17.1 Å². The Bertz CT molecular complexity index is 789. The molecule has 2 N–H and O–H groups in total. The molecule has 27 heavy (non-hydrogen) atoms. The van der Waals surface area contributed by atoms with Gasteiger partial charge < -0.3 is 14.6 Å². The minimum absolute atomic E-state index is 0.368. The number of amides is 3. The molecule has 2 rings (SSSR count). The summed E-state index contributed by atoms with van der Waals surface area (Å²) >= 11 is 1.27. The summed E-state index contributed by atoms with van der Waals surface area (Å²) in [5.74, 6) is 1.48. The molecule has 1 aromatic carbocycles. The minimum Gasteiger partial charge on any atom is -0.497 e. The summed E-state index contributed by atoms with van der Waals surface area (Å²) in [6, 6.07) is 7.06. The zero-order valence-corrected chi connectivity index (χ0v) is 17.0. The molecule has 9 heteroatoms. The van der Waals surface area contributed by atoms with Crippen molar-refractivity contribution >= 4 is 23.7 Å². The predicted octanol–water partition coefficient (Wildman–Crippen LogP) is 2.55. The number of hydrogen-bond donors (Lipinski definition) is 2. The van der Waals surface area contributed by atoms with E-state index in [1.165, 1.54) is 18.8 Å². The first-order chi connectivity index (χ1) is 12.8. The van der Waals surface area contributed by atoms with Gasteiger partial charge in [0.25, 0.3) is 0 Å². The van der Waals surface area contributed by atoms with Crippen LogP contribution in [-0.2, 0) is 11.3 Å². The number of nitrogens with zero attached hydrogens (tertiary/aromatic N) is 3. The molecule has 146 valence electrons. The molecule has 0 saturated heterocycles. The number of thioether (sulfide) groups is 1. The number of carbonyl (C=O) groups is 2. The van der Waals surface area contributed by atoms with Gasteiger partial charge in [0.05, 0.1) is 12.4 Å². The van der Waals surface area contributed by atoms with Crippen molar-refractivity contribution in [2.75, 3.05) is 14.2 Å². The van der Waals surface area contributed by atoms with Crippen LogP contribution in [0.1, 0.15) is 20.8 Å². The highest BCUT2D eigenvalue weighted by molar-refractivity contribution is 8.00. The number of rotatable bonds is 7. The fourth-order valence-corrected chi connectivity index (χ4v) is 3.21. The van der Waals surface area contributed by atoms with Crippen molar-refractivity contribution in [1.29, 1.82) is 0 Å². The molecule has 0 aliphatic carbocycles. The molecule has 0 spiro atoms. The standard InChI is InChI=1S/C18H25N5O3S/c1-11(2)10-23-15(13-6-8-14(26-5)9-7-13)21-22-18(23)27-12(3)16(24)20-17(25)19-4/h6-9,11-12H,10H2,1-5H3,(H2,19,20,24,25)/t12-/m1/s1. The van der Waals surface area contributed by atoms with E-state index in [1.807, 2.05) is 28.8 Å². The first kappa shape index (κ1) is 20.8. The van der Waals surface area contributed by atoms with E-state index < -0.39 is 11.3 Å². The van der Waals surface area contributed by atoms with Crippen LogP contribution in [0.4, 0.5) is 4.79 Å². The maximum atomic E-state index is 12.1. The van der Waals surface area contributed by atoms with E-state index in [4.69, 9.17) is 4.74 Å². The molecule has 3 amide bonds. The Hall–Kier alpha value is -2.55. The summed E-state index contributed by atoms with van der Waals surface area (Å²) in [5, 5.41) is 13.4. The van der Waals surface area contributed by atoms with E-state index in [1.54, 1.807) is 14.0 Å². The lowest BCUT2D eigenvalue weighted by molar-refractivity contribution is -0.119. The van der Waals surface area contributed by atoms with E-state index in [-0.39, 0.29) is 5.91 Å². The first-order valence-corrected chi connectivity index (χ1v) is 9.50. The van der Waals surface area contributed by atoms with Gasteiger partial charge in [0, 0.05) is 19.2 Å². The van der Waals surface area contributed by atoms with Crippen molar-refractivity contribution in [3.05, 3.63) is 24.3 Å². The van der Waals surface area contributed by atoms with E-state index >= 15 is 0 Å². The minimum atomic E-state index is -0.532. The van der Waals surface area contributed by atoms with Gasteiger partial charge in [-0.2, -0.15) is 0 Å². The van der Waals surface area contributed by atoms with Gasteiger partial charge in [0.15, 0.2) is 11.0 Å². The molecule has 0 aliphatic heterocycles. The van der Waals surface area contributed by atoms with Crippen LogP contribution in [0.15, 0.2) is 29.4 Å². The third-order valence-corrected chi connectivity index (χ3v) is 4.81. The SMILES string of the molecule is CNC(=O)NC(=O)[C@@H](C)Sc1nnc(-c2ccc(OC)cc2)n1CC(C)C. The average molecular weight is 391 g/mol. The van der Waals surface area contributed by atoms with Crippen LogP contribution in [0.3, 0.4) is 0 Å². The highest BCUT2D eigenvalue weighted by Gasteiger charge is 2.22. The number of ether oxygens (including phenoxy) is 1. The van der Waals surface area contributed by atoms with Gasteiger partial charge in [-0.1, -0.05) is 25.6 Å². The van der Waals surface area contributed by atoms with E-state index in [0.29, 0.717) is 17.6 Å². The first-order valence-electron chi connectivity index (χ1n) is 8.62. The van der Waals surface area contributed by atoms with Crippen molar-refractivity contribution in [3.63, 3.8) is 0 Å². The molecule has 1 atom stereocenters. The molecule has 0 fully saturated rings. The van der Waals surface area contributed by atoms with Gasteiger partial charge in [-0.25, -0.2) is 4.79 Å². The van der Waals surface area contributed by atoms with Crippen LogP contribution in [0.2, 0.25) is 0 Å². The molecule has 1 heterocycles. The summed E-state index contributed by atoms with van der Waals surface area (Å²) in [6.07, 6.45) is 0. The summed E-state index contributed by atoms with van der Waals surface area (Å²) in [5.41, 5.74) is 0.915. The molecule has 1 aromatic heterocycles. The van der Waals surface area contributed by atoms with Crippen LogP contribution in [0.5, 0.6) is 5.75 Å². The molecule has 8 nitrogen and oxygen atoms in total. The topological polar surface area (TPSA) is 98.1 Å². The van der Waals surface area contributed by atoms with Crippen molar-refractivity contribution in [2.24, 2.45) is 5.92 Å². The van der Waals surface area contributed by atoms with E-state index in [9.17, 15) is 9.59 Å². The fraction of sp³-hybridized carbons (Fsp3) is 0.444. The number of urea groups is 1. The van der Waals surface area contributed by atoms with Gasteiger partial charge in [-0.05, 0) is 37.1 Å². The number of methoxy groups -OCH3 is 1. The van der Waals surface area contributed by atoms with Crippen LogP contribution < -0.4 is 15.4 Å². The van der Waals surface area contributed by atoms with Crippen molar-refractivity contribution < 1.29 is 14.3 Å². The van der Waals surface area contributed by atoms with Gasteiger partial charge >= 0.3 is 6.03 Å². The molecule has 0 aliphatic rings. The van der Waals surface area contributed by atoms with Gasteiger partial charge in [0.2, 0.25) is 5.91 Å². The molecule has 0 radical (unpaired) electrons. The van der Waals surface area contributed by atoms with Gasteiger partial charge in [-0.15, -0.1) is 10.2 Å². The van der Waals surface area contributed by atoms with Crippen molar-refractivity contribution in [2.45, 2.75) is 37.7 Å². The Labute approximate surface area is 163 Å². The molecule has 0 saturated carbocycles. The third-order valence-electron chi connectivity index (χ3n) is 3.73. The largest absolute Gasteiger partial charge is 0.497 e. The molecule has 0 unspecified atom stereocenters. The van der Waals surface area contributed by atoms with E-state index in [2.05, 4.69) is 34.7 Å². The maximum absolute atomic E-state index is 12.1. The smallest absolute Gasteiger partial charge is 0.321 e. The average Bonchev–Trinajstić information content (AvgIpc) is 3.03. The summed E-state index contributed by atoms with van der Waals surface area (Å²) in [4.78, 5) is 23.5. The van der Waals surface area contributed by atoms with Crippen LogP contribution >= 0.6 is 11.8 Å². The van der Waals surface area contributed by atoms with Crippen molar-refractivity contribution in [1.82, 2.24) is 25.4 Å². The predicted molar refractivity (Wildman–Crippen MR) is 105 cm³/mol. The number of hydrogen-bond acceptors (Lipinski definition) is 6. The lowest BCUT2D eigenvalue weighted by Crippen LogP contribution is -2.41. The summed E-state index contributed by atoms with van der Waals surface area (Å²) < 4.78 is 7.20. The van der Waals surface area contributed by atoms with Crippen molar-refractivity contribution in [3.8, 4) is 17.1 Å². The van der Waals surface area contributed by atoms with Gasteiger partial charge in [-0.3, -0.25) is 10.1 Å². The number of nitrogens with one attached hydrogen (secondary N) is 2. The third kappa shape index (κ3) is 5.46. The molecular formula is C18H25N5O3S. The Morgan fingerprint density at radius 2 is 1.85 bits per heavy atom. The van der Waals surface area contributed by atoms with Crippen LogP contribution in [0, 0.1) is 5.92 Å². The van der Waals surface area contributed by atoms with Gasteiger partial charge in [0.1, 0.15) is 5.75 Å². The zero-order chi connectivity index (χ0) is 20.0. The monoisotopic (exact) mass is 391 g/mol. The van der Waals surface area contributed by atoms with Crippen LogP contribution in [-0.4, -0.2) is 46.1 Å². The highest BCUT2D eigenvalue weighted by Crippen LogP contribution is 2.28. The molecule has 0 bridgehead atoms. The second kappa shape index (κ2) is 9.40. The summed E-state index contributed by atoms with van der Waals surface area (Å²) in [7, 11) is 3.08. The Morgan fingerprint density at radius 3 is 2.41 bits per heavy atom. The summed E-state index contributed by atoms with van der Waals surface area (Å²) in [6.45, 7) is 6.65. The quantitative estimate of drug-likeness (QED) is 0.704. The number of benzene rings is 1. The number of imide groups is 1. The number of aromatic nitrogens is 3. The lowest BCUT2D eigenvalue weighted by atomic mass is 10.2.